The third-order valence-electron chi connectivity index (χ3n) is 3.82. The summed E-state index contributed by atoms with van der Waals surface area (Å²) >= 11 is 0. The van der Waals surface area contributed by atoms with Gasteiger partial charge in [-0.2, -0.15) is 0 Å². The van der Waals surface area contributed by atoms with E-state index in [1.807, 2.05) is 66.7 Å². The third-order valence-corrected chi connectivity index (χ3v) is 3.82. The van der Waals surface area contributed by atoms with E-state index in [-0.39, 0.29) is 11.9 Å². The summed E-state index contributed by atoms with van der Waals surface area (Å²) in [6.45, 7) is 0. The molecule has 3 rings (SSSR count). The maximum Gasteiger partial charge on any atom is 0.247 e. The first kappa shape index (κ1) is 14.4. The Hall–Kier alpha value is -2.59. The number of carbonyl (C=O) groups excluding carboxylic acids is 1. The number of ether oxygens (including phenoxy) is 1. The van der Waals surface area contributed by atoms with Crippen LogP contribution in [0.3, 0.4) is 0 Å². The maximum absolute atomic E-state index is 12.1. The first-order valence-corrected chi connectivity index (χ1v) is 7.16. The van der Waals surface area contributed by atoms with Crippen molar-refractivity contribution in [2.75, 3.05) is 12.0 Å². The molecule has 4 nitrogen and oxygen atoms in total. The lowest BCUT2D eigenvalue weighted by atomic mass is 9.93. The topological polar surface area (TPSA) is 55.6 Å². The van der Waals surface area contributed by atoms with Gasteiger partial charge in [0.15, 0.2) is 0 Å². The molecule has 1 aliphatic heterocycles. The molecule has 0 bridgehead atoms. The predicted octanol–water partition coefficient (Wildman–Crippen LogP) is 2.45. The minimum Gasteiger partial charge on any atom is -0.497 e. The van der Waals surface area contributed by atoms with Crippen LogP contribution < -0.4 is 15.4 Å². The summed E-state index contributed by atoms with van der Waals surface area (Å²) in [6, 6.07) is 16.8. The van der Waals surface area contributed by atoms with E-state index in [0.29, 0.717) is 0 Å². The molecule has 112 valence electrons. The molecule has 0 saturated carbocycles. The Bertz CT molecular complexity index is 680. The summed E-state index contributed by atoms with van der Waals surface area (Å²) in [4.78, 5) is 13.8. The number of hydrogen-bond acceptors (Lipinski definition) is 3. The van der Waals surface area contributed by atoms with E-state index in [9.17, 15) is 4.79 Å². The van der Waals surface area contributed by atoms with Crippen molar-refractivity contribution >= 4 is 17.7 Å². The molecule has 1 saturated heterocycles. The summed E-state index contributed by atoms with van der Waals surface area (Å²) in [6.07, 6.45) is 3.97. The highest BCUT2D eigenvalue weighted by Gasteiger charge is 2.44. The summed E-state index contributed by atoms with van der Waals surface area (Å²) in [5.41, 5.74) is 7.86. The molecule has 1 fully saturated rings. The molecule has 2 atom stereocenters. The molecule has 1 amide bonds. The van der Waals surface area contributed by atoms with Gasteiger partial charge in [-0.3, -0.25) is 4.79 Å². The van der Waals surface area contributed by atoms with E-state index in [1.54, 1.807) is 12.0 Å². The van der Waals surface area contributed by atoms with E-state index in [2.05, 4.69) is 0 Å². The van der Waals surface area contributed by atoms with Crippen LogP contribution in [-0.4, -0.2) is 25.1 Å². The Morgan fingerprint density at radius 3 is 2.41 bits per heavy atom. The van der Waals surface area contributed by atoms with E-state index in [1.165, 1.54) is 0 Å². The molecule has 0 radical (unpaired) electrons. The fraction of sp³-hybridized carbons (Fsp3) is 0.167. The summed E-state index contributed by atoms with van der Waals surface area (Å²) in [7, 11) is 1.62. The van der Waals surface area contributed by atoms with Crippen molar-refractivity contribution in [2.45, 2.75) is 12.1 Å². The van der Waals surface area contributed by atoms with Gasteiger partial charge in [-0.15, -0.1) is 0 Å². The van der Waals surface area contributed by atoms with E-state index >= 15 is 0 Å². The van der Waals surface area contributed by atoms with Crippen LogP contribution in [0.1, 0.15) is 5.56 Å². The lowest BCUT2D eigenvalue weighted by Gasteiger charge is -2.43. The number of amides is 1. The van der Waals surface area contributed by atoms with Gasteiger partial charge in [0.25, 0.3) is 0 Å². The summed E-state index contributed by atoms with van der Waals surface area (Å²) in [5, 5.41) is 0. The Morgan fingerprint density at radius 2 is 1.77 bits per heavy atom. The van der Waals surface area contributed by atoms with Crippen molar-refractivity contribution < 1.29 is 9.53 Å². The van der Waals surface area contributed by atoms with E-state index in [0.717, 1.165) is 17.0 Å². The lowest BCUT2D eigenvalue weighted by molar-refractivity contribution is -0.125. The first-order valence-electron chi connectivity index (χ1n) is 7.16. The van der Waals surface area contributed by atoms with Crippen LogP contribution in [-0.2, 0) is 4.79 Å². The molecule has 2 N–H and O–H groups in total. The molecule has 0 unspecified atom stereocenters. The molecule has 0 aromatic heterocycles. The van der Waals surface area contributed by atoms with Crippen molar-refractivity contribution in [3.63, 3.8) is 0 Å². The van der Waals surface area contributed by atoms with Crippen LogP contribution in [0.2, 0.25) is 0 Å². The standard InChI is InChI=1S/C18H18N2O2/c1-22-15-10-8-14(9-11-15)20-16(17(19)18(20)21)12-7-13-5-3-2-4-6-13/h2-12,16-17H,19H2,1H3/b12-7+/t16-,17-/m1/s1. The van der Waals surface area contributed by atoms with Crippen LogP contribution in [0.25, 0.3) is 6.08 Å². The van der Waals surface area contributed by atoms with Crippen molar-refractivity contribution in [2.24, 2.45) is 5.73 Å². The second kappa shape index (κ2) is 6.03. The highest BCUT2D eigenvalue weighted by atomic mass is 16.5. The van der Waals surface area contributed by atoms with Gasteiger partial charge in [-0.05, 0) is 29.8 Å². The summed E-state index contributed by atoms with van der Waals surface area (Å²) in [5.74, 6) is 0.699. The highest BCUT2D eigenvalue weighted by molar-refractivity contribution is 6.06. The molecule has 1 heterocycles. The Morgan fingerprint density at radius 1 is 1.09 bits per heavy atom. The van der Waals surface area contributed by atoms with Crippen molar-refractivity contribution in [3.05, 3.63) is 66.2 Å². The fourth-order valence-corrected chi connectivity index (χ4v) is 2.55. The number of methoxy groups -OCH3 is 1. The molecule has 0 aliphatic carbocycles. The molecule has 2 aromatic carbocycles. The molecule has 1 aliphatic rings. The first-order chi connectivity index (χ1) is 10.7. The largest absolute Gasteiger partial charge is 0.497 e. The van der Waals surface area contributed by atoms with Crippen molar-refractivity contribution in [1.29, 1.82) is 0 Å². The van der Waals surface area contributed by atoms with Crippen molar-refractivity contribution in [1.82, 2.24) is 0 Å². The second-order valence-corrected chi connectivity index (χ2v) is 5.19. The second-order valence-electron chi connectivity index (χ2n) is 5.19. The molecular weight excluding hydrogens is 276 g/mol. The normalized spacial score (nSPS) is 21.0. The van der Waals surface area contributed by atoms with Gasteiger partial charge in [0, 0.05) is 5.69 Å². The van der Waals surface area contributed by atoms with Gasteiger partial charge in [-0.1, -0.05) is 42.5 Å². The average molecular weight is 294 g/mol. The van der Waals surface area contributed by atoms with E-state index in [4.69, 9.17) is 10.5 Å². The zero-order valence-electron chi connectivity index (χ0n) is 12.3. The smallest absolute Gasteiger partial charge is 0.247 e. The Labute approximate surface area is 129 Å². The minimum absolute atomic E-state index is 0.0621. The van der Waals surface area contributed by atoms with Gasteiger partial charge >= 0.3 is 0 Å². The zero-order chi connectivity index (χ0) is 15.5. The Kier molecular flexibility index (Phi) is 3.94. The zero-order valence-corrected chi connectivity index (χ0v) is 12.3. The SMILES string of the molecule is COc1ccc(N2C(=O)[C@H](N)[C@H]2/C=C/c2ccccc2)cc1. The molecule has 22 heavy (non-hydrogen) atoms. The Balaban J connectivity index is 1.80. The quantitative estimate of drug-likeness (QED) is 0.881. The third kappa shape index (κ3) is 2.61. The van der Waals surface area contributed by atoms with Gasteiger partial charge in [0.1, 0.15) is 11.8 Å². The molecular formula is C18H18N2O2. The maximum atomic E-state index is 12.1. The lowest BCUT2D eigenvalue weighted by Crippen LogP contribution is -2.68. The van der Waals surface area contributed by atoms with Gasteiger partial charge in [0.05, 0.1) is 13.2 Å². The number of β-lactam (4-membered cyclic amide) rings is 1. The van der Waals surface area contributed by atoms with E-state index < -0.39 is 6.04 Å². The van der Waals surface area contributed by atoms with Gasteiger partial charge < -0.3 is 15.4 Å². The molecule has 4 heteroatoms. The monoisotopic (exact) mass is 294 g/mol. The summed E-state index contributed by atoms with van der Waals surface area (Å²) < 4.78 is 5.14. The number of anilines is 1. The van der Waals surface area contributed by atoms with Crippen LogP contribution in [0.15, 0.2) is 60.7 Å². The number of carbonyl (C=O) groups is 1. The highest BCUT2D eigenvalue weighted by Crippen LogP contribution is 2.29. The number of nitrogens with zero attached hydrogens (tertiary/aromatic N) is 1. The van der Waals surface area contributed by atoms with Crippen LogP contribution >= 0.6 is 0 Å². The van der Waals surface area contributed by atoms with Crippen LogP contribution in [0, 0.1) is 0 Å². The molecule has 0 spiro atoms. The number of rotatable bonds is 4. The molecule has 2 aromatic rings. The van der Waals surface area contributed by atoms with Gasteiger partial charge in [-0.25, -0.2) is 0 Å². The minimum atomic E-state index is -0.484. The van der Waals surface area contributed by atoms with Gasteiger partial charge in [0.2, 0.25) is 5.91 Å². The van der Waals surface area contributed by atoms with Crippen LogP contribution in [0.4, 0.5) is 5.69 Å². The van der Waals surface area contributed by atoms with Crippen molar-refractivity contribution in [3.8, 4) is 5.75 Å². The number of nitrogens with two attached hydrogens (primary N) is 1. The number of benzene rings is 2. The van der Waals surface area contributed by atoms with Crippen LogP contribution in [0.5, 0.6) is 5.75 Å². The number of hydrogen-bond donors (Lipinski definition) is 1. The fourth-order valence-electron chi connectivity index (χ4n) is 2.55. The average Bonchev–Trinajstić information content (AvgIpc) is 2.59. The predicted molar refractivity (Wildman–Crippen MR) is 87.7 cm³/mol.